The Bertz CT molecular complexity index is 557. The lowest BCUT2D eigenvalue weighted by molar-refractivity contribution is -0.266. The molecule has 3 aliphatic heterocycles. The highest BCUT2D eigenvalue weighted by atomic mass is 16.4. The molecule has 1 amide bonds. The predicted molar refractivity (Wildman–Crippen MR) is 74.8 cm³/mol. The number of carbonyl (C=O) groups is 1. The monoisotopic (exact) mass is 271 g/mol. The van der Waals surface area contributed by atoms with E-state index in [2.05, 4.69) is 23.1 Å². The van der Waals surface area contributed by atoms with Gasteiger partial charge in [-0.1, -0.05) is 18.2 Å². The smallest absolute Gasteiger partial charge is 0.136 e. The Morgan fingerprint density at radius 3 is 3.00 bits per heavy atom. The molecule has 4 nitrogen and oxygen atoms in total. The zero-order chi connectivity index (χ0) is 13.7. The van der Waals surface area contributed by atoms with Crippen LogP contribution in [0.5, 0.6) is 0 Å². The van der Waals surface area contributed by atoms with Crippen LogP contribution in [0.3, 0.4) is 0 Å². The summed E-state index contributed by atoms with van der Waals surface area (Å²) in [5.41, 5.74) is 4.23. The molecule has 2 atom stereocenters. The maximum Gasteiger partial charge on any atom is 0.136 e. The van der Waals surface area contributed by atoms with Gasteiger partial charge in [-0.3, -0.25) is 0 Å². The van der Waals surface area contributed by atoms with E-state index >= 15 is 0 Å². The number of hydrogen-bond donors (Lipinski definition) is 0. The minimum atomic E-state index is -1.02. The molecule has 1 fully saturated rings. The molecule has 3 heterocycles. The summed E-state index contributed by atoms with van der Waals surface area (Å²) >= 11 is 0. The average molecular weight is 271 g/mol. The zero-order valence-electron chi connectivity index (χ0n) is 11.5. The largest absolute Gasteiger partial charge is 0.530 e. The fourth-order valence-corrected chi connectivity index (χ4v) is 4.29. The number of likely N-dealkylation sites (tertiary alicyclic amines) is 1. The molecule has 4 rings (SSSR count). The molecule has 20 heavy (non-hydrogen) atoms. The van der Waals surface area contributed by atoms with Gasteiger partial charge in [0, 0.05) is 37.3 Å². The Morgan fingerprint density at radius 2 is 2.15 bits per heavy atom. The lowest BCUT2D eigenvalue weighted by Gasteiger charge is -2.40. The first-order valence-corrected chi connectivity index (χ1v) is 7.60. The van der Waals surface area contributed by atoms with Crippen LogP contribution in [-0.4, -0.2) is 36.7 Å². The summed E-state index contributed by atoms with van der Waals surface area (Å²) in [6, 6.07) is 7.06. The molecule has 1 saturated heterocycles. The molecule has 0 spiro atoms. The van der Waals surface area contributed by atoms with E-state index in [1.54, 1.807) is 0 Å². The molecule has 0 unspecified atom stereocenters. The number of amides is 1. The fraction of sp³-hybridized carbons (Fsp3) is 0.562. The summed E-state index contributed by atoms with van der Waals surface area (Å²) in [5, 5.41) is 11.1. The predicted octanol–water partition coefficient (Wildman–Crippen LogP) is 1.34. The summed E-state index contributed by atoms with van der Waals surface area (Å²) in [6.45, 7) is 2.33. The zero-order valence-corrected chi connectivity index (χ0v) is 11.5. The van der Waals surface area contributed by atoms with Gasteiger partial charge < -0.3 is 19.7 Å². The van der Waals surface area contributed by atoms with E-state index < -0.39 is 6.09 Å². The first-order valence-electron chi connectivity index (χ1n) is 7.60. The van der Waals surface area contributed by atoms with Gasteiger partial charge in [0.25, 0.3) is 0 Å². The normalized spacial score (nSPS) is 27.8. The second-order valence-corrected chi connectivity index (χ2v) is 6.18. The van der Waals surface area contributed by atoms with Gasteiger partial charge in [0.05, 0.1) is 0 Å². The van der Waals surface area contributed by atoms with Gasteiger partial charge >= 0.3 is 0 Å². The first-order chi connectivity index (χ1) is 9.75. The van der Waals surface area contributed by atoms with Crippen LogP contribution in [0.4, 0.5) is 10.5 Å². The number of carboxylic acid groups (broad SMARTS) is 1. The summed E-state index contributed by atoms with van der Waals surface area (Å²) in [5.74, 6) is 0.328. The number of carbonyl (C=O) groups excluding carboxylic acids is 1. The molecule has 106 valence electrons. The fourth-order valence-electron chi connectivity index (χ4n) is 4.29. The molecule has 0 bridgehead atoms. The molecular formula is C16H19N2O2-. The van der Waals surface area contributed by atoms with Gasteiger partial charge in [-0.25, -0.2) is 0 Å². The maximum absolute atomic E-state index is 11.1. The molecule has 3 aliphatic rings. The van der Waals surface area contributed by atoms with Crippen LogP contribution >= 0.6 is 0 Å². The Labute approximate surface area is 119 Å². The second kappa shape index (κ2) is 4.40. The van der Waals surface area contributed by atoms with E-state index in [-0.39, 0.29) is 0 Å². The van der Waals surface area contributed by atoms with Crippen molar-refractivity contribution in [2.45, 2.75) is 37.6 Å². The Hall–Kier alpha value is -1.71. The topological polar surface area (TPSA) is 46.6 Å². The second-order valence-electron chi connectivity index (χ2n) is 6.18. The van der Waals surface area contributed by atoms with Crippen molar-refractivity contribution in [2.75, 3.05) is 24.5 Å². The number of fused-ring (bicyclic) bond motifs is 3. The van der Waals surface area contributed by atoms with Gasteiger partial charge in [-0.2, -0.15) is 0 Å². The van der Waals surface area contributed by atoms with Crippen LogP contribution in [0.25, 0.3) is 0 Å². The van der Waals surface area contributed by atoms with E-state index in [0.717, 1.165) is 19.4 Å². The van der Waals surface area contributed by atoms with Crippen molar-refractivity contribution in [3.05, 3.63) is 29.3 Å². The van der Waals surface area contributed by atoms with E-state index in [9.17, 15) is 9.90 Å². The molecule has 4 heteroatoms. The van der Waals surface area contributed by atoms with Crippen LogP contribution in [-0.2, 0) is 6.42 Å². The highest BCUT2D eigenvalue weighted by molar-refractivity contribution is 5.69. The third-order valence-corrected chi connectivity index (χ3v) is 5.17. The molecule has 1 aromatic carbocycles. The Morgan fingerprint density at radius 1 is 1.25 bits per heavy atom. The SMILES string of the molecule is O=C([O-])N1CC[C@@H]2[C@H](C1)c1cccc3c1N2CCCC3. The molecule has 0 aromatic heterocycles. The van der Waals surface area contributed by atoms with E-state index in [1.807, 2.05) is 0 Å². The van der Waals surface area contributed by atoms with Gasteiger partial charge in [-0.05, 0) is 36.8 Å². The van der Waals surface area contributed by atoms with Gasteiger partial charge in [0.15, 0.2) is 0 Å². The molecular weight excluding hydrogens is 252 g/mol. The van der Waals surface area contributed by atoms with Crippen molar-refractivity contribution in [2.24, 2.45) is 0 Å². The average Bonchev–Trinajstić information content (AvgIpc) is 2.63. The number of piperidine rings is 1. The third kappa shape index (κ3) is 1.63. The van der Waals surface area contributed by atoms with Crippen LogP contribution in [0, 0.1) is 0 Å². The summed E-state index contributed by atoms with van der Waals surface area (Å²) in [4.78, 5) is 15.2. The Kier molecular flexibility index (Phi) is 2.65. The summed E-state index contributed by atoms with van der Waals surface area (Å²) in [7, 11) is 0. The number of rotatable bonds is 0. The molecule has 1 aromatic rings. The van der Waals surface area contributed by atoms with Crippen molar-refractivity contribution < 1.29 is 9.90 Å². The molecule has 0 N–H and O–H groups in total. The van der Waals surface area contributed by atoms with Crippen molar-refractivity contribution in [1.82, 2.24) is 4.90 Å². The minimum absolute atomic E-state index is 0.328. The van der Waals surface area contributed by atoms with E-state index in [1.165, 1.54) is 34.6 Å². The summed E-state index contributed by atoms with van der Waals surface area (Å²) < 4.78 is 0. The number of nitrogens with zero attached hydrogens (tertiary/aromatic N) is 2. The number of para-hydroxylation sites is 1. The lowest BCUT2D eigenvalue weighted by atomic mass is 9.88. The van der Waals surface area contributed by atoms with Crippen molar-refractivity contribution in [1.29, 1.82) is 0 Å². The highest BCUT2D eigenvalue weighted by Gasteiger charge is 2.42. The highest BCUT2D eigenvalue weighted by Crippen LogP contribution is 2.47. The Balaban J connectivity index is 1.77. The standard InChI is InChI=1S/C16H20N2O2/c19-16(20)17-9-7-14-13(10-17)12-6-3-5-11-4-1-2-8-18(14)15(11)12/h3,5-6,13-14H,1-2,4,7-10H2,(H,19,20)/p-1/t13-,14-/m1/s1. The van der Waals surface area contributed by atoms with E-state index in [0.29, 0.717) is 25.0 Å². The molecule has 0 saturated carbocycles. The number of benzene rings is 1. The number of hydrogen-bond acceptors (Lipinski definition) is 3. The molecule has 0 radical (unpaired) electrons. The van der Waals surface area contributed by atoms with E-state index in [4.69, 9.17) is 0 Å². The minimum Gasteiger partial charge on any atom is -0.530 e. The van der Waals surface area contributed by atoms with Gasteiger partial charge in [0.2, 0.25) is 0 Å². The van der Waals surface area contributed by atoms with Gasteiger partial charge in [0.1, 0.15) is 6.09 Å². The van der Waals surface area contributed by atoms with Gasteiger partial charge in [-0.15, -0.1) is 0 Å². The van der Waals surface area contributed by atoms with Crippen molar-refractivity contribution >= 4 is 11.8 Å². The number of anilines is 1. The van der Waals surface area contributed by atoms with Crippen LogP contribution in [0.1, 0.15) is 36.3 Å². The van der Waals surface area contributed by atoms with Crippen LogP contribution in [0.15, 0.2) is 18.2 Å². The summed E-state index contributed by atoms with van der Waals surface area (Å²) in [6.07, 6.45) is 3.55. The third-order valence-electron chi connectivity index (χ3n) is 5.17. The van der Waals surface area contributed by atoms with Crippen molar-refractivity contribution in [3.8, 4) is 0 Å². The maximum atomic E-state index is 11.1. The lowest BCUT2D eigenvalue weighted by Crippen LogP contribution is -2.51. The number of aryl methyl sites for hydroxylation is 1. The molecule has 0 aliphatic carbocycles. The quantitative estimate of drug-likeness (QED) is 0.715. The van der Waals surface area contributed by atoms with Crippen LogP contribution in [0.2, 0.25) is 0 Å². The van der Waals surface area contributed by atoms with Crippen LogP contribution < -0.4 is 10.0 Å². The first kappa shape index (κ1) is 12.1. The van der Waals surface area contributed by atoms with Crippen molar-refractivity contribution in [3.63, 3.8) is 0 Å².